The summed E-state index contributed by atoms with van der Waals surface area (Å²) in [5.74, 6) is 0. The molecular formula is C13H21ClN2S. The van der Waals surface area contributed by atoms with Crippen LogP contribution in [-0.2, 0) is 6.54 Å². The lowest BCUT2D eigenvalue weighted by Gasteiger charge is -2.28. The third-order valence-electron chi connectivity index (χ3n) is 3.55. The van der Waals surface area contributed by atoms with Crippen LogP contribution in [0.15, 0.2) is 12.1 Å². The summed E-state index contributed by atoms with van der Waals surface area (Å²) in [4.78, 5) is 3.95. The van der Waals surface area contributed by atoms with Crippen molar-refractivity contribution < 1.29 is 0 Å². The average Bonchev–Trinajstić information content (AvgIpc) is 2.62. The van der Waals surface area contributed by atoms with Gasteiger partial charge in [0, 0.05) is 30.1 Å². The van der Waals surface area contributed by atoms with E-state index in [-0.39, 0.29) is 0 Å². The zero-order valence-electron chi connectivity index (χ0n) is 10.6. The molecular weight excluding hydrogens is 252 g/mol. The van der Waals surface area contributed by atoms with Crippen molar-refractivity contribution in [1.82, 2.24) is 10.2 Å². The normalized spacial score (nSPS) is 27.0. The molecule has 0 radical (unpaired) electrons. The van der Waals surface area contributed by atoms with Crippen molar-refractivity contribution in [2.24, 2.45) is 0 Å². The lowest BCUT2D eigenvalue weighted by molar-refractivity contribution is 0.196. The lowest BCUT2D eigenvalue weighted by Crippen LogP contribution is -2.39. The Labute approximate surface area is 113 Å². The maximum absolute atomic E-state index is 5.99. The first-order valence-corrected chi connectivity index (χ1v) is 7.60. The molecule has 0 spiro atoms. The van der Waals surface area contributed by atoms with E-state index in [9.17, 15) is 0 Å². The van der Waals surface area contributed by atoms with Gasteiger partial charge in [-0.05, 0) is 38.4 Å². The minimum Gasteiger partial charge on any atom is -0.313 e. The van der Waals surface area contributed by atoms with Gasteiger partial charge in [-0.25, -0.2) is 0 Å². The number of rotatable bonds is 3. The van der Waals surface area contributed by atoms with Gasteiger partial charge in [-0.2, -0.15) is 0 Å². The van der Waals surface area contributed by atoms with Gasteiger partial charge in [-0.15, -0.1) is 11.3 Å². The molecule has 2 heterocycles. The molecule has 2 rings (SSSR count). The van der Waals surface area contributed by atoms with Crippen molar-refractivity contribution >= 4 is 22.9 Å². The first-order valence-electron chi connectivity index (χ1n) is 6.40. The highest BCUT2D eigenvalue weighted by molar-refractivity contribution is 7.16. The lowest BCUT2D eigenvalue weighted by atomic mass is 10.2. The zero-order chi connectivity index (χ0) is 12.3. The Morgan fingerprint density at radius 1 is 1.53 bits per heavy atom. The monoisotopic (exact) mass is 272 g/mol. The molecule has 0 bridgehead atoms. The van der Waals surface area contributed by atoms with E-state index in [1.165, 1.54) is 17.7 Å². The number of nitrogens with one attached hydrogen (secondary N) is 1. The highest BCUT2D eigenvalue weighted by Crippen LogP contribution is 2.24. The molecule has 1 aromatic rings. The van der Waals surface area contributed by atoms with Crippen LogP contribution < -0.4 is 5.32 Å². The van der Waals surface area contributed by atoms with Crippen LogP contribution in [0.3, 0.4) is 0 Å². The van der Waals surface area contributed by atoms with Crippen LogP contribution in [-0.4, -0.2) is 30.1 Å². The first-order chi connectivity index (χ1) is 8.19. The molecule has 1 N–H and O–H groups in total. The van der Waals surface area contributed by atoms with Crippen LogP contribution in [0.25, 0.3) is 0 Å². The molecule has 17 heavy (non-hydrogen) atoms. The minimum absolute atomic E-state index is 0.635. The molecule has 0 aromatic carbocycles. The van der Waals surface area contributed by atoms with Gasteiger partial charge < -0.3 is 5.32 Å². The molecule has 1 aliphatic rings. The predicted octanol–water partition coefficient (Wildman–Crippen LogP) is 3.36. The second kappa shape index (κ2) is 6.19. The van der Waals surface area contributed by atoms with E-state index in [1.54, 1.807) is 11.3 Å². The van der Waals surface area contributed by atoms with Crippen LogP contribution in [0.2, 0.25) is 4.34 Å². The second-order valence-corrected chi connectivity index (χ2v) is 6.63. The highest BCUT2D eigenvalue weighted by atomic mass is 35.5. The number of nitrogens with zero attached hydrogens (tertiary/aromatic N) is 1. The van der Waals surface area contributed by atoms with Crippen LogP contribution in [0.5, 0.6) is 0 Å². The van der Waals surface area contributed by atoms with E-state index in [0.29, 0.717) is 12.1 Å². The predicted molar refractivity (Wildman–Crippen MR) is 75.9 cm³/mol. The Hall–Kier alpha value is -0.0900. The molecule has 1 fully saturated rings. The fraction of sp³-hybridized carbons (Fsp3) is 0.692. The summed E-state index contributed by atoms with van der Waals surface area (Å²) in [6.45, 7) is 7.91. The van der Waals surface area contributed by atoms with Gasteiger partial charge >= 0.3 is 0 Å². The van der Waals surface area contributed by atoms with Gasteiger partial charge in [0.15, 0.2) is 0 Å². The van der Waals surface area contributed by atoms with Crippen LogP contribution in [0.4, 0.5) is 0 Å². The second-order valence-electron chi connectivity index (χ2n) is 4.83. The summed E-state index contributed by atoms with van der Waals surface area (Å²) in [6.07, 6.45) is 2.43. The van der Waals surface area contributed by atoms with Crippen molar-refractivity contribution in [3.8, 4) is 0 Å². The van der Waals surface area contributed by atoms with Gasteiger partial charge in [-0.1, -0.05) is 18.5 Å². The zero-order valence-corrected chi connectivity index (χ0v) is 12.2. The Kier molecular flexibility index (Phi) is 4.86. The molecule has 1 aliphatic heterocycles. The van der Waals surface area contributed by atoms with Gasteiger partial charge in [0.1, 0.15) is 0 Å². The number of thiophene rings is 1. The molecule has 2 unspecified atom stereocenters. The largest absolute Gasteiger partial charge is 0.313 e. The van der Waals surface area contributed by atoms with Gasteiger partial charge in [0.05, 0.1) is 4.34 Å². The third kappa shape index (κ3) is 3.68. The average molecular weight is 273 g/mol. The van der Waals surface area contributed by atoms with E-state index < -0.39 is 0 Å². The minimum atomic E-state index is 0.635. The van der Waals surface area contributed by atoms with Gasteiger partial charge in [0.25, 0.3) is 0 Å². The molecule has 0 aliphatic carbocycles. The Morgan fingerprint density at radius 3 is 3.00 bits per heavy atom. The van der Waals surface area contributed by atoms with Crippen molar-refractivity contribution in [3.63, 3.8) is 0 Å². The molecule has 2 nitrogen and oxygen atoms in total. The van der Waals surface area contributed by atoms with Crippen molar-refractivity contribution in [3.05, 3.63) is 21.3 Å². The topological polar surface area (TPSA) is 15.3 Å². The van der Waals surface area contributed by atoms with Gasteiger partial charge in [0.2, 0.25) is 0 Å². The van der Waals surface area contributed by atoms with E-state index in [4.69, 9.17) is 11.6 Å². The van der Waals surface area contributed by atoms with Crippen molar-refractivity contribution in [1.29, 1.82) is 0 Å². The first kappa shape index (κ1) is 13.3. The highest BCUT2D eigenvalue weighted by Gasteiger charge is 2.22. The van der Waals surface area contributed by atoms with E-state index in [0.717, 1.165) is 24.0 Å². The Morgan fingerprint density at radius 2 is 2.35 bits per heavy atom. The van der Waals surface area contributed by atoms with E-state index >= 15 is 0 Å². The summed E-state index contributed by atoms with van der Waals surface area (Å²) in [5.41, 5.74) is 0. The van der Waals surface area contributed by atoms with Crippen LogP contribution >= 0.6 is 22.9 Å². The van der Waals surface area contributed by atoms with Crippen LogP contribution in [0.1, 0.15) is 31.6 Å². The maximum atomic E-state index is 5.99. The van der Waals surface area contributed by atoms with Crippen molar-refractivity contribution in [2.75, 3.05) is 13.1 Å². The molecule has 2 atom stereocenters. The summed E-state index contributed by atoms with van der Waals surface area (Å²) < 4.78 is 0.896. The number of hydrogen-bond donors (Lipinski definition) is 1. The summed E-state index contributed by atoms with van der Waals surface area (Å²) in [6, 6.07) is 5.44. The quantitative estimate of drug-likeness (QED) is 0.908. The maximum Gasteiger partial charge on any atom is 0.0931 e. The molecule has 0 saturated carbocycles. The fourth-order valence-electron chi connectivity index (χ4n) is 2.34. The summed E-state index contributed by atoms with van der Waals surface area (Å²) in [7, 11) is 0. The Balaban J connectivity index is 2.01. The Bertz CT molecular complexity index is 353. The molecule has 0 amide bonds. The molecule has 1 aromatic heterocycles. The third-order valence-corrected chi connectivity index (χ3v) is 4.77. The van der Waals surface area contributed by atoms with Gasteiger partial charge in [-0.3, -0.25) is 4.90 Å². The number of halogens is 1. The number of hydrogen-bond acceptors (Lipinski definition) is 3. The molecule has 1 saturated heterocycles. The smallest absolute Gasteiger partial charge is 0.0931 e. The molecule has 4 heteroatoms. The summed E-state index contributed by atoms with van der Waals surface area (Å²) in [5, 5.41) is 3.62. The van der Waals surface area contributed by atoms with E-state index in [1.807, 2.05) is 6.07 Å². The summed E-state index contributed by atoms with van der Waals surface area (Å²) >= 11 is 7.69. The molecule has 96 valence electrons. The van der Waals surface area contributed by atoms with E-state index in [2.05, 4.69) is 30.1 Å². The standard InChI is InChI=1S/C13H21ClN2S/c1-3-11-8-16(10(2)6-7-15-11)9-12-4-5-13(14)17-12/h4-5,10-11,15H,3,6-9H2,1-2H3. The van der Waals surface area contributed by atoms with Crippen LogP contribution in [0, 0.1) is 0 Å². The fourth-order valence-corrected chi connectivity index (χ4v) is 3.45. The SMILES string of the molecule is CCC1CN(Cc2ccc(Cl)s2)C(C)CCN1. The van der Waals surface area contributed by atoms with Crippen molar-refractivity contribution in [2.45, 2.75) is 45.3 Å².